The Labute approximate surface area is 165 Å². The van der Waals surface area contributed by atoms with Crippen molar-refractivity contribution in [1.82, 2.24) is 15.1 Å². The van der Waals surface area contributed by atoms with Crippen molar-refractivity contribution in [2.24, 2.45) is 0 Å². The van der Waals surface area contributed by atoms with E-state index < -0.39 is 11.6 Å². The van der Waals surface area contributed by atoms with Gasteiger partial charge in [0.05, 0.1) is 12.8 Å². The molecule has 1 saturated heterocycles. The molecule has 0 amide bonds. The first kappa shape index (κ1) is 20.2. The molecular weight excluding hydrogens is 358 g/mol. The van der Waals surface area contributed by atoms with Gasteiger partial charge in [-0.15, -0.1) is 0 Å². The standard InChI is InChI=1S/C21H29N3O4/c1-20(2,3)18-13-15(22-23-18)14-24-11-9-21(10-12-24,19(25)26)28-17-8-6-5-7-16(17)27-4/h5-8,13H,9-12,14H2,1-4H3,(H,22,23)(H,25,26). The third kappa shape index (κ3) is 4.30. The van der Waals surface area contributed by atoms with E-state index in [0.717, 1.165) is 11.4 Å². The number of aromatic amines is 1. The second-order valence-electron chi connectivity index (χ2n) is 8.36. The Bertz CT molecular complexity index is 817. The molecule has 1 aromatic carbocycles. The van der Waals surface area contributed by atoms with Crippen molar-refractivity contribution in [2.45, 2.75) is 51.2 Å². The number of ether oxygens (including phenoxy) is 2. The molecule has 1 aliphatic rings. The van der Waals surface area contributed by atoms with Gasteiger partial charge in [0.15, 0.2) is 11.5 Å². The van der Waals surface area contributed by atoms with Crippen LogP contribution >= 0.6 is 0 Å². The third-order valence-corrected chi connectivity index (χ3v) is 5.22. The molecule has 28 heavy (non-hydrogen) atoms. The number of aromatic nitrogens is 2. The molecule has 1 aliphatic heterocycles. The predicted octanol–water partition coefficient (Wildman–Crippen LogP) is 3.21. The Hall–Kier alpha value is -2.54. The first-order valence-corrected chi connectivity index (χ1v) is 9.56. The zero-order valence-corrected chi connectivity index (χ0v) is 17.0. The van der Waals surface area contributed by atoms with Crippen LogP contribution < -0.4 is 9.47 Å². The summed E-state index contributed by atoms with van der Waals surface area (Å²) in [5.74, 6) is 0.0663. The molecule has 1 fully saturated rings. The van der Waals surface area contributed by atoms with Gasteiger partial charge in [-0.05, 0) is 18.2 Å². The van der Waals surface area contributed by atoms with Crippen LogP contribution in [0.15, 0.2) is 30.3 Å². The fourth-order valence-corrected chi connectivity index (χ4v) is 3.41. The van der Waals surface area contributed by atoms with Gasteiger partial charge in [0.2, 0.25) is 5.60 Å². The molecule has 152 valence electrons. The van der Waals surface area contributed by atoms with E-state index >= 15 is 0 Å². The molecule has 2 heterocycles. The maximum absolute atomic E-state index is 12.1. The van der Waals surface area contributed by atoms with Crippen LogP contribution in [-0.2, 0) is 16.8 Å². The number of nitrogens with one attached hydrogen (secondary N) is 1. The summed E-state index contributed by atoms with van der Waals surface area (Å²) < 4.78 is 11.3. The van der Waals surface area contributed by atoms with Crippen molar-refractivity contribution in [3.05, 3.63) is 41.7 Å². The smallest absolute Gasteiger partial charge is 0.348 e. The second-order valence-corrected chi connectivity index (χ2v) is 8.36. The Morgan fingerprint density at radius 3 is 2.43 bits per heavy atom. The zero-order valence-electron chi connectivity index (χ0n) is 17.0. The molecule has 7 nitrogen and oxygen atoms in total. The van der Waals surface area contributed by atoms with Gasteiger partial charge in [-0.2, -0.15) is 5.10 Å². The quantitative estimate of drug-likeness (QED) is 0.791. The van der Waals surface area contributed by atoms with Crippen molar-refractivity contribution >= 4 is 5.97 Å². The number of methoxy groups -OCH3 is 1. The monoisotopic (exact) mass is 387 g/mol. The molecule has 0 radical (unpaired) electrons. The largest absolute Gasteiger partial charge is 0.493 e. The van der Waals surface area contributed by atoms with Gasteiger partial charge < -0.3 is 14.6 Å². The minimum Gasteiger partial charge on any atom is -0.493 e. The highest BCUT2D eigenvalue weighted by Crippen LogP contribution is 2.35. The Morgan fingerprint density at radius 2 is 1.89 bits per heavy atom. The molecule has 0 bridgehead atoms. The summed E-state index contributed by atoms with van der Waals surface area (Å²) in [4.78, 5) is 14.3. The van der Waals surface area contributed by atoms with Crippen LogP contribution in [0.5, 0.6) is 11.5 Å². The van der Waals surface area contributed by atoms with Crippen LogP contribution in [0, 0.1) is 0 Å². The Balaban J connectivity index is 1.67. The van der Waals surface area contributed by atoms with Gasteiger partial charge in [-0.3, -0.25) is 10.00 Å². The minimum atomic E-state index is -1.24. The molecule has 0 saturated carbocycles. The van der Waals surface area contributed by atoms with Crippen LogP contribution in [0.1, 0.15) is 45.0 Å². The first-order chi connectivity index (χ1) is 13.2. The van der Waals surface area contributed by atoms with E-state index in [1.165, 1.54) is 0 Å². The molecular formula is C21H29N3O4. The number of piperidine rings is 1. The van der Waals surface area contributed by atoms with Crippen molar-refractivity contribution in [2.75, 3.05) is 20.2 Å². The number of H-pyrrole nitrogens is 1. The molecule has 3 rings (SSSR count). The molecule has 2 N–H and O–H groups in total. The van der Waals surface area contributed by atoms with Crippen molar-refractivity contribution in [3.63, 3.8) is 0 Å². The lowest BCUT2D eigenvalue weighted by molar-refractivity contribution is -0.160. The van der Waals surface area contributed by atoms with Crippen LogP contribution in [0.3, 0.4) is 0 Å². The average molecular weight is 387 g/mol. The molecule has 7 heteroatoms. The highest BCUT2D eigenvalue weighted by molar-refractivity contribution is 5.78. The number of rotatable bonds is 6. The normalized spacial score (nSPS) is 17.3. The van der Waals surface area contributed by atoms with Crippen LogP contribution in [0.2, 0.25) is 0 Å². The Morgan fingerprint density at radius 1 is 1.25 bits per heavy atom. The van der Waals surface area contributed by atoms with Gasteiger partial charge in [0.25, 0.3) is 0 Å². The van der Waals surface area contributed by atoms with Crippen molar-refractivity contribution in [3.8, 4) is 11.5 Å². The van der Waals surface area contributed by atoms with E-state index in [4.69, 9.17) is 9.47 Å². The summed E-state index contributed by atoms with van der Waals surface area (Å²) in [6.07, 6.45) is 0.807. The van der Waals surface area contributed by atoms with E-state index in [2.05, 4.69) is 41.9 Å². The molecule has 0 unspecified atom stereocenters. The number of para-hydroxylation sites is 2. The number of nitrogens with zero attached hydrogens (tertiary/aromatic N) is 2. The molecule has 1 aromatic heterocycles. The molecule has 0 aliphatic carbocycles. The van der Waals surface area contributed by atoms with E-state index in [-0.39, 0.29) is 5.41 Å². The van der Waals surface area contributed by atoms with Crippen LogP contribution in [-0.4, -0.2) is 52.0 Å². The van der Waals surface area contributed by atoms with Gasteiger partial charge in [-0.1, -0.05) is 32.9 Å². The van der Waals surface area contributed by atoms with Crippen LogP contribution in [0.4, 0.5) is 0 Å². The van der Waals surface area contributed by atoms with Gasteiger partial charge >= 0.3 is 5.97 Å². The minimum absolute atomic E-state index is 0.00229. The average Bonchev–Trinajstić information content (AvgIpc) is 3.13. The molecule has 0 spiro atoms. The number of hydrogen-bond donors (Lipinski definition) is 2. The molecule has 0 atom stereocenters. The lowest BCUT2D eigenvalue weighted by Crippen LogP contribution is -2.53. The fraction of sp³-hybridized carbons (Fsp3) is 0.524. The topological polar surface area (TPSA) is 87.7 Å². The van der Waals surface area contributed by atoms with E-state index in [1.54, 1.807) is 19.2 Å². The summed E-state index contributed by atoms with van der Waals surface area (Å²) in [7, 11) is 1.55. The summed E-state index contributed by atoms with van der Waals surface area (Å²) in [5, 5.41) is 17.4. The predicted molar refractivity (Wildman–Crippen MR) is 106 cm³/mol. The van der Waals surface area contributed by atoms with Crippen molar-refractivity contribution < 1.29 is 19.4 Å². The second kappa shape index (κ2) is 7.83. The number of carbonyl (C=O) groups is 1. The number of carboxylic acids is 1. The highest BCUT2D eigenvalue weighted by atomic mass is 16.5. The van der Waals surface area contributed by atoms with E-state index in [1.807, 2.05) is 12.1 Å². The number of benzene rings is 1. The SMILES string of the molecule is COc1ccccc1OC1(C(=O)O)CCN(Cc2cc(C(C)(C)C)n[nH]2)CC1. The third-order valence-electron chi connectivity index (χ3n) is 5.22. The van der Waals surface area contributed by atoms with Crippen molar-refractivity contribution in [1.29, 1.82) is 0 Å². The Kier molecular flexibility index (Phi) is 5.65. The van der Waals surface area contributed by atoms with E-state index in [9.17, 15) is 9.90 Å². The zero-order chi connectivity index (χ0) is 20.4. The summed E-state index contributed by atoms with van der Waals surface area (Å²) in [5.41, 5.74) is 0.824. The number of hydrogen-bond acceptors (Lipinski definition) is 5. The van der Waals surface area contributed by atoms with Gasteiger partial charge in [0.1, 0.15) is 0 Å². The van der Waals surface area contributed by atoms with Gasteiger partial charge in [-0.25, -0.2) is 4.79 Å². The fourth-order valence-electron chi connectivity index (χ4n) is 3.41. The lowest BCUT2D eigenvalue weighted by Gasteiger charge is -2.38. The maximum Gasteiger partial charge on any atom is 0.348 e. The number of likely N-dealkylation sites (tertiary alicyclic amines) is 1. The lowest BCUT2D eigenvalue weighted by atomic mass is 9.90. The highest BCUT2D eigenvalue weighted by Gasteiger charge is 2.44. The molecule has 2 aromatic rings. The summed E-state index contributed by atoms with van der Waals surface area (Å²) in [6, 6.07) is 9.25. The van der Waals surface area contributed by atoms with E-state index in [0.29, 0.717) is 44.0 Å². The number of aliphatic carboxylic acids is 1. The van der Waals surface area contributed by atoms with Gasteiger partial charge in [0, 0.05) is 43.6 Å². The summed E-state index contributed by atoms with van der Waals surface area (Å²) >= 11 is 0. The van der Waals surface area contributed by atoms with Crippen LogP contribution in [0.25, 0.3) is 0 Å². The number of carboxylic acid groups (broad SMARTS) is 1. The first-order valence-electron chi connectivity index (χ1n) is 9.56. The maximum atomic E-state index is 12.1. The summed E-state index contributed by atoms with van der Waals surface area (Å²) in [6.45, 7) is 8.36.